The van der Waals surface area contributed by atoms with E-state index in [0.29, 0.717) is 0 Å². The first-order valence-corrected chi connectivity index (χ1v) is 2.77. The second kappa shape index (κ2) is 8.98. The fourth-order valence-corrected chi connectivity index (χ4v) is 0.168. The predicted molar refractivity (Wildman–Crippen MR) is 33.5 cm³/mol. The van der Waals surface area contributed by atoms with E-state index in [0.717, 1.165) is 0 Å². The third kappa shape index (κ3) is 18.1. The second-order valence-electron chi connectivity index (χ2n) is 0.692. The van der Waals surface area contributed by atoms with E-state index in [1.807, 2.05) is 0 Å². The van der Waals surface area contributed by atoms with Gasteiger partial charge in [-0.2, -0.15) is 0 Å². The summed E-state index contributed by atoms with van der Waals surface area (Å²) in [5.41, 5.74) is 0. The first kappa shape index (κ1) is 17.8. The van der Waals surface area contributed by atoms with Crippen LogP contribution >= 0.6 is 7.82 Å². The Morgan fingerprint density at radius 3 is 1.67 bits per heavy atom. The van der Waals surface area contributed by atoms with Gasteiger partial charge < -0.3 is 4.52 Å². The van der Waals surface area contributed by atoms with E-state index in [4.69, 9.17) is 14.6 Å². The van der Waals surface area contributed by atoms with Crippen LogP contribution in [0, 0.1) is 0 Å². The van der Waals surface area contributed by atoms with Gasteiger partial charge in [0.1, 0.15) is 0 Å². The zero-order valence-corrected chi connectivity index (χ0v) is 4.04. The number of carbonyl (C=O) groups is 1. The van der Waals surface area contributed by atoms with Gasteiger partial charge in [0.05, 0.1) is 0 Å². The third-order valence-corrected chi connectivity index (χ3v) is 0.541. The monoisotopic (exact) mass is 206 g/mol. The molecule has 0 aromatic heterocycles. The molecule has 0 atom stereocenters. The summed E-state index contributed by atoms with van der Waals surface area (Å²) in [6.45, 7) is -0.305. The van der Waals surface area contributed by atoms with Crippen LogP contribution in [0.3, 0.4) is 0 Å². The van der Waals surface area contributed by atoms with Crippen molar-refractivity contribution in [1.82, 2.24) is 0 Å². The SMILES string of the molecule is O=COP(=O)(O)O.[KH].[KH]. The standard InChI is InChI=1S/CH3O5P.2K.2H/c2-1-6-7(3,4)5;;;;/h1H,(H2,3,4,5);;;;. The van der Waals surface area contributed by atoms with Crippen molar-refractivity contribution >= 4 is 117 Å². The zero-order chi connectivity index (χ0) is 5.91. The molecule has 46 valence electrons. The van der Waals surface area contributed by atoms with E-state index in [2.05, 4.69) is 4.52 Å². The molecule has 0 saturated carbocycles. The van der Waals surface area contributed by atoms with Crippen LogP contribution in [-0.2, 0) is 13.9 Å². The van der Waals surface area contributed by atoms with Crippen molar-refractivity contribution < 1.29 is 23.7 Å². The maximum absolute atomic E-state index is 9.47. The molecule has 0 aliphatic carbocycles. The van der Waals surface area contributed by atoms with Crippen molar-refractivity contribution in [3.8, 4) is 0 Å². The molecule has 0 saturated heterocycles. The topological polar surface area (TPSA) is 83.8 Å². The van der Waals surface area contributed by atoms with Gasteiger partial charge in [-0.25, -0.2) is 4.57 Å². The van der Waals surface area contributed by atoms with Crippen LogP contribution in [-0.4, -0.2) is 119 Å². The van der Waals surface area contributed by atoms with Crippen LogP contribution in [0.25, 0.3) is 0 Å². The van der Waals surface area contributed by atoms with Crippen LogP contribution < -0.4 is 0 Å². The normalized spacial score (nSPS) is 8.22. The van der Waals surface area contributed by atoms with Crippen molar-refractivity contribution in [2.24, 2.45) is 0 Å². The van der Waals surface area contributed by atoms with E-state index in [1.165, 1.54) is 0 Å². The van der Waals surface area contributed by atoms with Gasteiger partial charge in [0.15, 0.2) is 0 Å². The predicted octanol–water partition coefficient (Wildman–Crippen LogP) is -2.04. The Morgan fingerprint density at radius 2 is 1.67 bits per heavy atom. The first-order valence-electron chi connectivity index (χ1n) is 1.24. The Hall–Kier alpha value is 2.89. The second-order valence-corrected chi connectivity index (χ2v) is 1.88. The summed E-state index contributed by atoms with van der Waals surface area (Å²) < 4.78 is 12.7. The summed E-state index contributed by atoms with van der Waals surface area (Å²) in [7, 11) is -4.53. The van der Waals surface area contributed by atoms with E-state index in [-0.39, 0.29) is 109 Å². The summed E-state index contributed by atoms with van der Waals surface area (Å²) in [6.07, 6.45) is 0. The van der Waals surface area contributed by atoms with Crippen molar-refractivity contribution in [1.29, 1.82) is 0 Å². The minimum atomic E-state index is -4.53. The molecule has 0 bridgehead atoms. The van der Waals surface area contributed by atoms with Crippen molar-refractivity contribution in [2.75, 3.05) is 0 Å². The Morgan fingerprint density at radius 1 is 1.33 bits per heavy atom. The molecule has 0 spiro atoms. The van der Waals surface area contributed by atoms with Gasteiger partial charge in [0.2, 0.25) is 0 Å². The molecule has 2 N–H and O–H groups in total. The molecule has 0 heterocycles. The van der Waals surface area contributed by atoms with Crippen molar-refractivity contribution in [2.45, 2.75) is 0 Å². The maximum atomic E-state index is 9.47. The fraction of sp³-hybridized carbons (Fsp3) is 0. The van der Waals surface area contributed by atoms with E-state index < -0.39 is 7.82 Å². The Labute approximate surface area is 137 Å². The Kier molecular flexibility index (Phi) is 17.8. The molecule has 0 aliphatic heterocycles. The van der Waals surface area contributed by atoms with Crippen LogP contribution in [0.2, 0.25) is 0 Å². The van der Waals surface area contributed by atoms with Gasteiger partial charge >= 0.3 is 117 Å². The Bertz CT molecular complexity index is 108. The number of carbonyl (C=O) groups excluding carboxylic acids is 1. The van der Waals surface area contributed by atoms with E-state index in [1.54, 1.807) is 0 Å². The number of rotatable bonds is 2. The van der Waals surface area contributed by atoms with Gasteiger partial charge in [-0.1, -0.05) is 0 Å². The number of hydrogen-bond donors (Lipinski definition) is 2. The van der Waals surface area contributed by atoms with E-state index in [9.17, 15) is 4.57 Å². The average molecular weight is 206 g/mol. The van der Waals surface area contributed by atoms with Gasteiger partial charge in [-0.15, -0.1) is 0 Å². The first-order chi connectivity index (χ1) is 3.06. The number of hydrogen-bond acceptors (Lipinski definition) is 3. The van der Waals surface area contributed by atoms with Crippen molar-refractivity contribution in [3.05, 3.63) is 0 Å². The summed E-state index contributed by atoms with van der Waals surface area (Å²) in [5, 5.41) is 0. The zero-order valence-electron chi connectivity index (χ0n) is 3.14. The summed E-state index contributed by atoms with van der Waals surface area (Å²) >= 11 is 0. The Balaban J connectivity index is -0.000000180. The molecule has 0 rings (SSSR count). The van der Waals surface area contributed by atoms with Crippen LogP contribution in [0.15, 0.2) is 0 Å². The average Bonchev–Trinajstić information content (AvgIpc) is 1.30. The fourth-order valence-electron chi connectivity index (χ4n) is 0.0561. The molecule has 5 nitrogen and oxygen atoms in total. The summed E-state index contributed by atoms with van der Waals surface area (Å²) in [6, 6.07) is 0. The number of phosphoric acid groups is 1. The molecule has 0 aromatic rings. The molecule has 0 aromatic carbocycles. The molecule has 0 fully saturated rings. The molecule has 0 amide bonds. The van der Waals surface area contributed by atoms with Gasteiger partial charge in [0, 0.05) is 0 Å². The summed E-state index contributed by atoms with van der Waals surface area (Å²) in [5.74, 6) is 0. The molecular formula is CH5K2O5P. The van der Waals surface area contributed by atoms with Gasteiger partial charge in [-0.05, 0) is 0 Å². The molecule has 0 unspecified atom stereocenters. The minimum absolute atomic E-state index is 0. The van der Waals surface area contributed by atoms with Crippen LogP contribution in [0.4, 0.5) is 0 Å². The van der Waals surface area contributed by atoms with Crippen LogP contribution in [0.5, 0.6) is 0 Å². The molecule has 0 aliphatic rings. The number of phosphoric ester groups is 1. The molecule has 0 radical (unpaired) electrons. The van der Waals surface area contributed by atoms with Gasteiger partial charge in [-0.3, -0.25) is 14.6 Å². The molecule has 9 heavy (non-hydrogen) atoms. The summed E-state index contributed by atoms with van der Waals surface area (Å²) in [4.78, 5) is 24.5. The molecular weight excluding hydrogens is 201 g/mol. The third-order valence-electron chi connectivity index (χ3n) is 0.180. The van der Waals surface area contributed by atoms with Gasteiger partial charge in [0.25, 0.3) is 0 Å². The van der Waals surface area contributed by atoms with Crippen molar-refractivity contribution in [3.63, 3.8) is 0 Å². The quantitative estimate of drug-likeness (QED) is 0.309. The molecule has 8 heteroatoms. The van der Waals surface area contributed by atoms with Crippen LogP contribution in [0.1, 0.15) is 0 Å². The van der Waals surface area contributed by atoms with E-state index >= 15 is 0 Å².